The molecule has 4 rings (SSSR count). The number of anilines is 1. The van der Waals surface area contributed by atoms with Crippen molar-refractivity contribution in [2.45, 2.75) is 0 Å². The summed E-state index contributed by atoms with van der Waals surface area (Å²) in [6.45, 7) is 0. The molecule has 2 heterocycles. The van der Waals surface area contributed by atoms with Crippen molar-refractivity contribution in [1.29, 1.82) is 0 Å². The van der Waals surface area contributed by atoms with E-state index in [0.717, 1.165) is 20.6 Å². The van der Waals surface area contributed by atoms with Gasteiger partial charge in [-0.15, -0.1) is 11.3 Å². The predicted octanol–water partition coefficient (Wildman–Crippen LogP) is 6.00. The third-order valence-corrected chi connectivity index (χ3v) is 5.64. The highest BCUT2D eigenvalue weighted by molar-refractivity contribution is 9.10. The van der Waals surface area contributed by atoms with Crippen molar-refractivity contribution >= 4 is 62.4 Å². The van der Waals surface area contributed by atoms with Crippen molar-refractivity contribution in [3.8, 4) is 0 Å². The number of amidine groups is 1. The highest BCUT2D eigenvalue weighted by atomic mass is 79.9. The average molecular weight is 444 g/mol. The van der Waals surface area contributed by atoms with Gasteiger partial charge in [0.2, 0.25) is 0 Å². The number of nitrogens with zero attached hydrogens (tertiary/aromatic N) is 2. The second-order valence-corrected chi connectivity index (χ2v) is 7.85. The van der Waals surface area contributed by atoms with Crippen molar-refractivity contribution in [2.75, 3.05) is 4.90 Å². The molecule has 2 aromatic carbocycles. The van der Waals surface area contributed by atoms with Gasteiger partial charge in [0.25, 0.3) is 5.91 Å². The Labute approximate surface area is 168 Å². The van der Waals surface area contributed by atoms with Crippen LogP contribution in [0.4, 0.5) is 5.69 Å². The predicted molar refractivity (Wildman–Crippen MR) is 112 cm³/mol. The molecular formula is C20H12BrClN2OS. The summed E-state index contributed by atoms with van der Waals surface area (Å²) in [5.41, 5.74) is 1.99. The molecule has 0 aliphatic carbocycles. The molecule has 0 radical (unpaired) electrons. The zero-order valence-electron chi connectivity index (χ0n) is 13.4. The van der Waals surface area contributed by atoms with Crippen LogP contribution >= 0.6 is 38.9 Å². The molecule has 0 bridgehead atoms. The Kier molecular flexibility index (Phi) is 4.76. The molecule has 1 aliphatic rings. The van der Waals surface area contributed by atoms with Gasteiger partial charge in [-0.25, -0.2) is 4.99 Å². The van der Waals surface area contributed by atoms with Gasteiger partial charge < -0.3 is 0 Å². The molecule has 0 N–H and O–H groups in total. The minimum atomic E-state index is -0.161. The SMILES string of the molecule is O=C1/C(=C\c2cccs2)N=C(c2ccccc2Br)N1c1ccc(Cl)cc1. The Morgan fingerprint density at radius 3 is 2.50 bits per heavy atom. The van der Waals surface area contributed by atoms with E-state index in [1.807, 2.05) is 60.0 Å². The van der Waals surface area contributed by atoms with E-state index in [1.165, 1.54) is 0 Å². The normalized spacial score (nSPS) is 15.6. The number of amides is 1. The minimum absolute atomic E-state index is 0.161. The van der Waals surface area contributed by atoms with Crippen molar-refractivity contribution < 1.29 is 4.79 Å². The Balaban J connectivity index is 1.86. The fraction of sp³-hybridized carbons (Fsp3) is 0. The van der Waals surface area contributed by atoms with Gasteiger partial charge in [0, 0.05) is 19.9 Å². The molecule has 3 nitrogen and oxygen atoms in total. The number of thiophene rings is 1. The summed E-state index contributed by atoms with van der Waals surface area (Å²) >= 11 is 11.1. The smallest absolute Gasteiger partial charge is 0.266 e. The summed E-state index contributed by atoms with van der Waals surface area (Å²) in [4.78, 5) is 20.4. The van der Waals surface area contributed by atoms with Crippen LogP contribution < -0.4 is 4.90 Å². The lowest BCUT2D eigenvalue weighted by atomic mass is 10.2. The second kappa shape index (κ2) is 7.19. The van der Waals surface area contributed by atoms with Gasteiger partial charge in [-0.05, 0) is 47.9 Å². The van der Waals surface area contributed by atoms with Crippen LogP contribution in [0.25, 0.3) is 6.08 Å². The number of aliphatic imine (C=N–C) groups is 1. The molecule has 128 valence electrons. The van der Waals surface area contributed by atoms with E-state index in [4.69, 9.17) is 11.6 Å². The lowest BCUT2D eigenvalue weighted by molar-refractivity contribution is -0.113. The first-order valence-electron chi connectivity index (χ1n) is 7.82. The van der Waals surface area contributed by atoms with Gasteiger partial charge in [-0.2, -0.15) is 0 Å². The van der Waals surface area contributed by atoms with Crippen LogP contribution in [0, 0.1) is 0 Å². The molecule has 1 amide bonds. The number of hydrogen-bond donors (Lipinski definition) is 0. The Hall–Kier alpha value is -2.21. The maximum Gasteiger partial charge on any atom is 0.282 e. The lowest BCUT2D eigenvalue weighted by Crippen LogP contribution is -2.32. The number of carbonyl (C=O) groups is 1. The summed E-state index contributed by atoms with van der Waals surface area (Å²) in [6, 6.07) is 18.8. The quantitative estimate of drug-likeness (QED) is 0.457. The Bertz CT molecular complexity index is 1030. The van der Waals surface area contributed by atoms with E-state index in [9.17, 15) is 4.79 Å². The summed E-state index contributed by atoms with van der Waals surface area (Å²) in [7, 11) is 0. The third-order valence-electron chi connectivity index (χ3n) is 3.88. The molecule has 1 aromatic heterocycles. The Morgan fingerprint density at radius 1 is 1.04 bits per heavy atom. The third kappa shape index (κ3) is 3.26. The van der Waals surface area contributed by atoms with Crippen molar-refractivity contribution in [1.82, 2.24) is 0 Å². The molecule has 0 saturated carbocycles. The minimum Gasteiger partial charge on any atom is -0.266 e. The van der Waals surface area contributed by atoms with Crippen molar-refractivity contribution in [3.05, 3.63) is 91.7 Å². The standard InChI is InChI=1S/C20H12BrClN2OS/c21-17-6-2-1-5-16(17)19-23-18(12-15-4-3-11-26-15)20(25)24(19)14-9-7-13(22)8-10-14/h1-12H/b18-12+. The first-order chi connectivity index (χ1) is 12.6. The summed E-state index contributed by atoms with van der Waals surface area (Å²) in [5, 5.41) is 2.59. The lowest BCUT2D eigenvalue weighted by Gasteiger charge is -2.19. The molecular weight excluding hydrogens is 432 g/mol. The van der Waals surface area contributed by atoms with E-state index < -0.39 is 0 Å². The maximum absolute atomic E-state index is 13.1. The van der Waals surface area contributed by atoms with Crippen LogP contribution in [0.1, 0.15) is 10.4 Å². The topological polar surface area (TPSA) is 32.7 Å². The van der Waals surface area contributed by atoms with Gasteiger partial charge >= 0.3 is 0 Å². The van der Waals surface area contributed by atoms with E-state index in [0.29, 0.717) is 16.6 Å². The monoisotopic (exact) mass is 442 g/mol. The highest BCUT2D eigenvalue weighted by Crippen LogP contribution is 2.31. The molecule has 6 heteroatoms. The largest absolute Gasteiger partial charge is 0.282 e. The first-order valence-corrected chi connectivity index (χ1v) is 9.87. The van der Waals surface area contributed by atoms with Crippen LogP contribution in [-0.2, 0) is 4.79 Å². The number of benzene rings is 2. The second-order valence-electron chi connectivity index (χ2n) is 5.58. The van der Waals surface area contributed by atoms with Gasteiger partial charge in [0.05, 0.1) is 5.69 Å². The number of rotatable bonds is 3. The average Bonchev–Trinajstić information content (AvgIpc) is 3.26. The van der Waals surface area contributed by atoms with E-state index in [2.05, 4.69) is 20.9 Å². The summed E-state index contributed by atoms with van der Waals surface area (Å²) in [5.74, 6) is 0.430. The van der Waals surface area contributed by atoms with E-state index in [-0.39, 0.29) is 5.91 Å². The van der Waals surface area contributed by atoms with Gasteiger partial charge in [0.1, 0.15) is 11.5 Å². The van der Waals surface area contributed by atoms with Gasteiger partial charge in [-0.3, -0.25) is 9.69 Å². The molecule has 0 unspecified atom stereocenters. The zero-order valence-corrected chi connectivity index (χ0v) is 16.6. The molecule has 0 atom stereocenters. The van der Waals surface area contributed by atoms with E-state index >= 15 is 0 Å². The first kappa shape index (κ1) is 17.2. The van der Waals surface area contributed by atoms with Crippen molar-refractivity contribution in [2.24, 2.45) is 4.99 Å². The zero-order chi connectivity index (χ0) is 18.1. The molecule has 3 aromatic rings. The van der Waals surface area contributed by atoms with Crippen LogP contribution in [0.15, 0.2) is 81.2 Å². The summed E-state index contributed by atoms with van der Waals surface area (Å²) < 4.78 is 0.878. The maximum atomic E-state index is 13.1. The number of halogens is 2. The number of carbonyl (C=O) groups excluding carboxylic acids is 1. The Morgan fingerprint density at radius 2 is 1.81 bits per heavy atom. The van der Waals surface area contributed by atoms with Gasteiger partial charge in [-0.1, -0.05) is 51.8 Å². The number of hydrogen-bond acceptors (Lipinski definition) is 3. The van der Waals surface area contributed by atoms with Crippen LogP contribution in [0.5, 0.6) is 0 Å². The van der Waals surface area contributed by atoms with Crippen LogP contribution in [0.3, 0.4) is 0 Å². The fourth-order valence-corrected chi connectivity index (χ4v) is 3.92. The van der Waals surface area contributed by atoms with Crippen molar-refractivity contribution in [3.63, 3.8) is 0 Å². The van der Waals surface area contributed by atoms with E-state index in [1.54, 1.807) is 28.4 Å². The summed E-state index contributed by atoms with van der Waals surface area (Å²) in [6.07, 6.45) is 1.82. The molecule has 1 aliphatic heterocycles. The van der Waals surface area contributed by atoms with Gasteiger partial charge in [0.15, 0.2) is 0 Å². The molecule has 0 fully saturated rings. The molecule has 0 saturated heterocycles. The highest BCUT2D eigenvalue weighted by Gasteiger charge is 2.33. The molecule has 0 spiro atoms. The van der Waals surface area contributed by atoms with Crippen LogP contribution in [-0.4, -0.2) is 11.7 Å². The molecule has 26 heavy (non-hydrogen) atoms. The van der Waals surface area contributed by atoms with Crippen LogP contribution in [0.2, 0.25) is 5.02 Å². The fourth-order valence-electron chi connectivity index (χ4n) is 2.68.